The van der Waals surface area contributed by atoms with Crippen LogP contribution in [-0.4, -0.2) is 12.0 Å². The van der Waals surface area contributed by atoms with Gasteiger partial charge in [0.1, 0.15) is 0 Å². The predicted octanol–water partition coefficient (Wildman–Crippen LogP) is 6.10. The van der Waals surface area contributed by atoms with E-state index >= 15 is 0 Å². The molecule has 0 saturated carbocycles. The second kappa shape index (κ2) is 7.34. The number of nitro groups is 1. The molecule has 1 N–H and O–H groups in total. The standard InChI is InChI=1S/C25H22N2O3/c1-30-24-13-11-18(15-23(24)27(28)29)25-20-9-5-8-19(20)21-14-17(10-12-22(21)26-25)16-6-3-2-4-7-16/h2-8,10-15,19-20,25-26H,9H2,1H3/t19-,20-,25+/m1/s1. The van der Waals surface area contributed by atoms with E-state index in [9.17, 15) is 10.1 Å². The number of rotatable bonds is 4. The average Bonchev–Trinajstić information content (AvgIpc) is 3.28. The van der Waals surface area contributed by atoms with E-state index < -0.39 is 0 Å². The fourth-order valence-electron chi connectivity index (χ4n) is 4.78. The molecule has 2 aliphatic rings. The second-order valence-electron chi connectivity index (χ2n) is 7.83. The first-order chi connectivity index (χ1) is 14.7. The average molecular weight is 398 g/mol. The molecule has 0 spiro atoms. The zero-order chi connectivity index (χ0) is 20.7. The summed E-state index contributed by atoms with van der Waals surface area (Å²) in [6, 6.07) is 22.2. The highest BCUT2D eigenvalue weighted by Gasteiger charge is 2.38. The molecule has 3 atom stereocenters. The molecule has 30 heavy (non-hydrogen) atoms. The van der Waals surface area contributed by atoms with Crippen LogP contribution in [0.15, 0.2) is 78.9 Å². The molecule has 150 valence electrons. The van der Waals surface area contributed by atoms with Crippen LogP contribution >= 0.6 is 0 Å². The predicted molar refractivity (Wildman–Crippen MR) is 118 cm³/mol. The number of hydrogen-bond donors (Lipinski definition) is 1. The van der Waals surface area contributed by atoms with Crippen LogP contribution < -0.4 is 10.1 Å². The Morgan fingerprint density at radius 1 is 1.03 bits per heavy atom. The van der Waals surface area contributed by atoms with Gasteiger partial charge in [-0.25, -0.2) is 0 Å². The van der Waals surface area contributed by atoms with Gasteiger partial charge in [-0.1, -0.05) is 54.6 Å². The molecule has 1 aliphatic heterocycles. The molecule has 3 aromatic rings. The van der Waals surface area contributed by atoms with Gasteiger partial charge in [0.2, 0.25) is 0 Å². The summed E-state index contributed by atoms with van der Waals surface area (Å²) >= 11 is 0. The van der Waals surface area contributed by atoms with Gasteiger partial charge in [-0.15, -0.1) is 0 Å². The maximum Gasteiger partial charge on any atom is 0.311 e. The SMILES string of the molecule is COc1ccc([C@@H]2Nc3ccc(-c4ccccc4)cc3[C@@H]3C=CC[C@H]32)cc1[N+](=O)[O-]. The summed E-state index contributed by atoms with van der Waals surface area (Å²) in [5.41, 5.74) is 5.70. The first-order valence-electron chi connectivity index (χ1n) is 10.1. The summed E-state index contributed by atoms with van der Waals surface area (Å²) in [5.74, 6) is 0.890. The molecular formula is C25H22N2O3. The number of nitro benzene ring substituents is 1. The van der Waals surface area contributed by atoms with Crippen LogP contribution in [-0.2, 0) is 0 Å². The molecule has 3 aromatic carbocycles. The number of nitrogens with one attached hydrogen (secondary N) is 1. The van der Waals surface area contributed by atoms with Gasteiger partial charge >= 0.3 is 5.69 Å². The van der Waals surface area contributed by atoms with E-state index in [4.69, 9.17) is 4.74 Å². The smallest absolute Gasteiger partial charge is 0.311 e. The van der Waals surface area contributed by atoms with Crippen LogP contribution in [0.4, 0.5) is 11.4 Å². The molecule has 0 aromatic heterocycles. The number of benzene rings is 3. The molecule has 5 rings (SSSR count). The van der Waals surface area contributed by atoms with Gasteiger partial charge < -0.3 is 10.1 Å². The zero-order valence-electron chi connectivity index (χ0n) is 16.6. The van der Waals surface area contributed by atoms with Crippen molar-refractivity contribution in [1.82, 2.24) is 0 Å². The van der Waals surface area contributed by atoms with Gasteiger partial charge in [-0.05, 0) is 52.8 Å². The molecule has 0 bridgehead atoms. The molecule has 1 heterocycles. The van der Waals surface area contributed by atoms with E-state index in [1.807, 2.05) is 12.1 Å². The highest BCUT2D eigenvalue weighted by molar-refractivity contribution is 5.71. The largest absolute Gasteiger partial charge is 0.490 e. The van der Waals surface area contributed by atoms with E-state index in [0.717, 1.165) is 17.7 Å². The summed E-state index contributed by atoms with van der Waals surface area (Å²) in [4.78, 5) is 11.1. The lowest BCUT2D eigenvalue weighted by molar-refractivity contribution is -0.385. The van der Waals surface area contributed by atoms with Crippen LogP contribution in [0.3, 0.4) is 0 Å². The van der Waals surface area contributed by atoms with Gasteiger partial charge in [0.25, 0.3) is 0 Å². The van der Waals surface area contributed by atoms with Crippen LogP contribution in [0.1, 0.15) is 29.5 Å². The monoisotopic (exact) mass is 398 g/mol. The molecule has 1 aliphatic carbocycles. The van der Waals surface area contributed by atoms with Crippen LogP contribution in [0.2, 0.25) is 0 Å². The normalized spacial score (nSPS) is 21.4. The van der Waals surface area contributed by atoms with Gasteiger partial charge in [-0.3, -0.25) is 10.1 Å². The number of allylic oxidation sites excluding steroid dienone is 2. The van der Waals surface area contributed by atoms with Crippen molar-refractivity contribution in [2.45, 2.75) is 18.4 Å². The van der Waals surface area contributed by atoms with E-state index in [2.05, 4.69) is 59.9 Å². The van der Waals surface area contributed by atoms with Crippen molar-refractivity contribution in [3.63, 3.8) is 0 Å². The van der Waals surface area contributed by atoms with Crippen LogP contribution in [0.25, 0.3) is 11.1 Å². The number of nitrogens with zero attached hydrogens (tertiary/aromatic N) is 1. The molecule has 5 heteroatoms. The van der Waals surface area contributed by atoms with Crippen molar-refractivity contribution in [2.75, 3.05) is 12.4 Å². The Hall–Kier alpha value is -3.60. The number of ether oxygens (including phenoxy) is 1. The first kappa shape index (κ1) is 18.4. The van der Waals surface area contributed by atoms with Gasteiger partial charge in [0.05, 0.1) is 18.1 Å². The molecular weight excluding hydrogens is 376 g/mol. The van der Waals surface area contributed by atoms with Crippen molar-refractivity contribution in [3.8, 4) is 16.9 Å². The third kappa shape index (κ3) is 3.03. The Bertz CT molecular complexity index is 1140. The van der Waals surface area contributed by atoms with E-state index in [1.54, 1.807) is 12.1 Å². The summed E-state index contributed by atoms with van der Waals surface area (Å²) < 4.78 is 5.17. The molecule has 0 unspecified atom stereocenters. The lowest BCUT2D eigenvalue weighted by Gasteiger charge is -2.37. The molecule has 0 saturated heterocycles. The molecule has 0 radical (unpaired) electrons. The molecule has 0 amide bonds. The second-order valence-corrected chi connectivity index (χ2v) is 7.83. The van der Waals surface area contributed by atoms with Gasteiger partial charge in [-0.2, -0.15) is 0 Å². The fraction of sp³-hybridized carbons (Fsp3) is 0.200. The van der Waals surface area contributed by atoms with Crippen molar-refractivity contribution in [3.05, 3.63) is 100 Å². The van der Waals surface area contributed by atoms with Crippen LogP contribution in [0, 0.1) is 16.0 Å². The lowest BCUT2D eigenvalue weighted by atomic mass is 9.76. The minimum absolute atomic E-state index is 0.00419. The van der Waals surface area contributed by atoms with Gasteiger partial charge in [0, 0.05) is 17.7 Å². The van der Waals surface area contributed by atoms with E-state index in [1.165, 1.54) is 23.8 Å². The van der Waals surface area contributed by atoms with Crippen molar-refractivity contribution < 1.29 is 9.66 Å². The third-order valence-electron chi connectivity index (χ3n) is 6.23. The van der Waals surface area contributed by atoms with Crippen molar-refractivity contribution in [2.24, 2.45) is 5.92 Å². The zero-order valence-corrected chi connectivity index (χ0v) is 16.6. The number of methoxy groups -OCH3 is 1. The quantitative estimate of drug-likeness (QED) is 0.328. The summed E-state index contributed by atoms with van der Waals surface area (Å²) in [5, 5.41) is 15.2. The number of anilines is 1. The number of fused-ring (bicyclic) bond motifs is 3. The molecule has 0 fully saturated rings. The topological polar surface area (TPSA) is 64.4 Å². The Morgan fingerprint density at radius 3 is 2.63 bits per heavy atom. The highest BCUT2D eigenvalue weighted by atomic mass is 16.6. The van der Waals surface area contributed by atoms with Crippen LogP contribution in [0.5, 0.6) is 5.75 Å². The first-order valence-corrected chi connectivity index (χ1v) is 10.1. The summed E-state index contributed by atoms with van der Waals surface area (Å²) in [6.45, 7) is 0. The minimum Gasteiger partial charge on any atom is -0.490 e. The minimum atomic E-state index is -0.379. The van der Waals surface area contributed by atoms with Crippen molar-refractivity contribution in [1.29, 1.82) is 0 Å². The Labute approximate surface area is 175 Å². The molecule has 5 nitrogen and oxygen atoms in total. The van der Waals surface area contributed by atoms with E-state index in [-0.39, 0.29) is 28.3 Å². The highest BCUT2D eigenvalue weighted by Crippen LogP contribution is 2.51. The summed E-state index contributed by atoms with van der Waals surface area (Å²) in [7, 11) is 1.46. The number of hydrogen-bond acceptors (Lipinski definition) is 4. The Balaban J connectivity index is 1.55. The Morgan fingerprint density at radius 2 is 1.87 bits per heavy atom. The maximum atomic E-state index is 11.5. The lowest BCUT2D eigenvalue weighted by Crippen LogP contribution is -2.29. The summed E-state index contributed by atoms with van der Waals surface area (Å²) in [6.07, 6.45) is 5.45. The fourth-order valence-corrected chi connectivity index (χ4v) is 4.78. The van der Waals surface area contributed by atoms with E-state index in [0.29, 0.717) is 5.92 Å². The third-order valence-corrected chi connectivity index (χ3v) is 6.23. The van der Waals surface area contributed by atoms with Gasteiger partial charge in [0.15, 0.2) is 5.75 Å². The van der Waals surface area contributed by atoms with Crippen molar-refractivity contribution >= 4 is 11.4 Å². The maximum absolute atomic E-state index is 11.5. The Kier molecular flexibility index (Phi) is 4.51.